The Labute approximate surface area is 44.4 Å². The van der Waals surface area contributed by atoms with Gasteiger partial charge in [-0.05, 0) is 0 Å². The zero-order valence-electron chi connectivity index (χ0n) is 2.87. The molecule has 32 valence electrons. The van der Waals surface area contributed by atoms with E-state index in [9.17, 15) is 0 Å². The first kappa shape index (κ1) is 4.21. The SMILES string of the molecule is C1=NSC=NS1. The lowest BCUT2D eigenvalue weighted by atomic mass is 11.7. The van der Waals surface area contributed by atoms with Gasteiger partial charge in [-0.1, -0.05) is 0 Å². The van der Waals surface area contributed by atoms with Crippen molar-refractivity contribution >= 4 is 35.0 Å². The van der Waals surface area contributed by atoms with Gasteiger partial charge in [0.15, 0.2) is 0 Å². The molecule has 2 nitrogen and oxygen atoms in total. The topological polar surface area (TPSA) is 24.7 Å². The van der Waals surface area contributed by atoms with Crippen LogP contribution >= 0.6 is 23.9 Å². The number of hydrogen-bond acceptors (Lipinski definition) is 4. The number of hydrogen-bond donors (Lipinski definition) is 0. The van der Waals surface area contributed by atoms with Gasteiger partial charge in [-0.25, -0.2) is 8.80 Å². The van der Waals surface area contributed by atoms with Gasteiger partial charge in [-0.3, -0.25) is 0 Å². The quantitative estimate of drug-likeness (QED) is 0.448. The summed E-state index contributed by atoms with van der Waals surface area (Å²) in [7, 11) is 0. The summed E-state index contributed by atoms with van der Waals surface area (Å²) in [6.07, 6.45) is 0. The molecule has 0 radical (unpaired) electrons. The Balaban J connectivity index is 2.40. The predicted octanol–water partition coefficient (Wildman–Crippen LogP) is 1.35. The summed E-state index contributed by atoms with van der Waals surface area (Å²) in [5.74, 6) is 0. The van der Waals surface area contributed by atoms with E-state index in [0.717, 1.165) is 0 Å². The Morgan fingerprint density at radius 1 is 1.00 bits per heavy atom. The molecule has 1 aliphatic rings. The summed E-state index contributed by atoms with van der Waals surface area (Å²) in [5.41, 5.74) is 3.40. The summed E-state index contributed by atoms with van der Waals surface area (Å²) in [5, 5.41) is 0. The van der Waals surface area contributed by atoms with Crippen molar-refractivity contribution in [3.05, 3.63) is 0 Å². The first-order chi connectivity index (χ1) is 3.00. The molecule has 1 rings (SSSR count). The van der Waals surface area contributed by atoms with E-state index in [4.69, 9.17) is 0 Å². The Hall–Kier alpha value is 0.0400. The van der Waals surface area contributed by atoms with Crippen LogP contribution in [0, 0.1) is 0 Å². The molecule has 0 aliphatic carbocycles. The molecule has 0 amide bonds. The van der Waals surface area contributed by atoms with Gasteiger partial charge in [-0.15, -0.1) is 0 Å². The van der Waals surface area contributed by atoms with Crippen LogP contribution in [0.3, 0.4) is 0 Å². The van der Waals surface area contributed by atoms with E-state index in [-0.39, 0.29) is 0 Å². The lowest BCUT2D eigenvalue weighted by Gasteiger charge is -1.84. The van der Waals surface area contributed by atoms with Gasteiger partial charge >= 0.3 is 0 Å². The first-order valence-corrected chi connectivity index (χ1v) is 3.03. The van der Waals surface area contributed by atoms with Crippen molar-refractivity contribution in [3.8, 4) is 0 Å². The van der Waals surface area contributed by atoms with Gasteiger partial charge in [0.05, 0.1) is 11.1 Å². The minimum Gasteiger partial charge on any atom is -0.210 e. The van der Waals surface area contributed by atoms with E-state index in [2.05, 4.69) is 8.80 Å². The van der Waals surface area contributed by atoms with Crippen LogP contribution in [0.1, 0.15) is 0 Å². The normalized spacial score (nSPS) is 18.7. The zero-order valence-corrected chi connectivity index (χ0v) is 4.50. The highest BCUT2D eigenvalue weighted by atomic mass is 32.2. The van der Waals surface area contributed by atoms with Crippen LogP contribution in [0.15, 0.2) is 8.80 Å². The average Bonchev–Trinajstić information content (AvgIpc) is 1.72. The lowest BCUT2D eigenvalue weighted by molar-refractivity contribution is 1.98. The summed E-state index contributed by atoms with van der Waals surface area (Å²) < 4.78 is 7.56. The van der Waals surface area contributed by atoms with E-state index < -0.39 is 0 Å². The zero-order chi connectivity index (χ0) is 4.24. The summed E-state index contributed by atoms with van der Waals surface area (Å²) in [4.78, 5) is 0. The molecule has 0 N–H and O–H groups in total. The van der Waals surface area contributed by atoms with Crippen LogP contribution in [0.2, 0.25) is 0 Å². The highest BCUT2D eigenvalue weighted by molar-refractivity contribution is 8.18. The molecule has 0 spiro atoms. The van der Waals surface area contributed by atoms with Crippen LogP contribution in [0.25, 0.3) is 0 Å². The van der Waals surface area contributed by atoms with Crippen molar-refractivity contribution in [2.75, 3.05) is 0 Å². The molecule has 6 heavy (non-hydrogen) atoms. The van der Waals surface area contributed by atoms with Crippen molar-refractivity contribution in [2.45, 2.75) is 0 Å². The first-order valence-electron chi connectivity index (χ1n) is 1.35. The third-order valence-electron chi connectivity index (χ3n) is 0.302. The standard InChI is InChI=1S/C2H2N2S2/c1-3-6-2-4-5-1/h1-2H. The number of nitrogens with zero attached hydrogens (tertiary/aromatic N) is 2. The molecule has 0 unspecified atom stereocenters. The predicted molar refractivity (Wildman–Crippen MR) is 32.2 cm³/mol. The van der Waals surface area contributed by atoms with Crippen molar-refractivity contribution in [1.29, 1.82) is 0 Å². The molecule has 0 saturated carbocycles. The molecule has 0 bridgehead atoms. The maximum absolute atomic E-state index is 3.78. The summed E-state index contributed by atoms with van der Waals surface area (Å²) >= 11 is 2.70. The molecule has 0 saturated heterocycles. The molecule has 0 fully saturated rings. The second kappa shape index (κ2) is 2.25. The molecular weight excluding hydrogens is 116 g/mol. The van der Waals surface area contributed by atoms with Crippen molar-refractivity contribution in [2.24, 2.45) is 8.80 Å². The van der Waals surface area contributed by atoms with Crippen LogP contribution in [0.5, 0.6) is 0 Å². The smallest absolute Gasteiger partial charge is 0.0914 e. The molecule has 4 heteroatoms. The van der Waals surface area contributed by atoms with E-state index in [1.54, 1.807) is 11.1 Å². The molecule has 0 aromatic rings. The van der Waals surface area contributed by atoms with Gasteiger partial charge in [0.25, 0.3) is 0 Å². The van der Waals surface area contributed by atoms with Crippen molar-refractivity contribution < 1.29 is 0 Å². The van der Waals surface area contributed by atoms with Crippen molar-refractivity contribution in [1.82, 2.24) is 0 Å². The molecular formula is C2H2N2S2. The second-order valence-corrected chi connectivity index (χ2v) is 1.90. The second-order valence-electron chi connectivity index (χ2n) is 0.632. The molecule has 0 aromatic heterocycles. The lowest BCUT2D eigenvalue weighted by Crippen LogP contribution is -1.65. The third-order valence-corrected chi connectivity index (χ3v) is 1.42. The van der Waals surface area contributed by atoms with Gasteiger partial charge in [0.2, 0.25) is 0 Å². The fourth-order valence-corrected chi connectivity index (χ4v) is 0.957. The van der Waals surface area contributed by atoms with E-state index in [0.29, 0.717) is 0 Å². The molecule has 0 aromatic carbocycles. The highest BCUT2D eigenvalue weighted by Crippen LogP contribution is 2.08. The molecule has 1 aliphatic heterocycles. The van der Waals surface area contributed by atoms with E-state index in [1.807, 2.05) is 0 Å². The van der Waals surface area contributed by atoms with Gasteiger partial charge in [-0.2, -0.15) is 0 Å². The van der Waals surface area contributed by atoms with Gasteiger partial charge in [0.1, 0.15) is 0 Å². The summed E-state index contributed by atoms with van der Waals surface area (Å²) in [6.45, 7) is 0. The Morgan fingerprint density at radius 2 is 1.50 bits per heavy atom. The molecule has 1 heterocycles. The van der Waals surface area contributed by atoms with Gasteiger partial charge in [0, 0.05) is 23.9 Å². The van der Waals surface area contributed by atoms with Crippen LogP contribution in [-0.4, -0.2) is 11.1 Å². The van der Waals surface area contributed by atoms with Crippen molar-refractivity contribution in [3.63, 3.8) is 0 Å². The minimum atomic E-state index is 1.35. The molecule has 0 atom stereocenters. The van der Waals surface area contributed by atoms with Crippen LogP contribution < -0.4 is 0 Å². The van der Waals surface area contributed by atoms with E-state index in [1.165, 1.54) is 23.9 Å². The van der Waals surface area contributed by atoms with Crippen LogP contribution in [-0.2, 0) is 0 Å². The maximum atomic E-state index is 3.78. The van der Waals surface area contributed by atoms with Crippen LogP contribution in [0.4, 0.5) is 0 Å². The third kappa shape index (κ3) is 1.02. The fourth-order valence-electron chi connectivity index (χ4n) is 0.143. The fraction of sp³-hybridized carbons (Fsp3) is 0. The Kier molecular flexibility index (Phi) is 1.58. The highest BCUT2D eigenvalue weighted by Gasteiger charge is 1.79. The average molecular weight is 118 g/mol. The minimum absolute atomic E-state index is 1.35. The maximum Gasteiger partial charge on any atom is 0.0914 e. The Bertz CT molecular complexity index is 67.5. The monoisotopic (exact) mass is 118 g/mol. The van der Waals surface area contributed by atoms with E-state index >= 15 is 0 Å². The number of rotatable bonds is 0. The Morgan fingerprint density at radius 3 is 1.67 bits per heavy atom. The largest absolute Gasteiger partial charge is 0.210 e. The summed E-state index contributed by atoms with van der Waals surface area (Å²) in [6, 6.07) is 0. The van der Waals surface area contributed by atoms with Gasteiger partial charge < -0.3 is 0 Å².